The van der Waals surface area contributed by atoms with Gasteiger partial charge in [0, 0.05) is 18.6 Å². The summed E-state index contributed by atoms with van der Waals surface area (Å²) in [7, 11) is -0.778. The minimum atomic E-state index is -3.81. The first-order valence-corrected chi connectivity index (χ1v) is 12.1. The van der Waals surface area contributed by atoms with Crippen LogP contribution in [0.2, 0.25) is 5.02 Å². The number of nitrogens with one attached hydrogen (secondary N) is 1. The summed E-state index contributed by atoms with van der Waals surface area (Å²) in [6.45, 7) is 2.97. The molecule has 174 valence electrons. The number of nitrogens with zero attached hydrogens (tertiary/aromatic N) is 2. The molecule has 2 amide bonds. The van der Waals surface area contributed by atoms with E-state index in [1.54, 1.807) is 57.4 Å². The number of halogens is 1. The van der Waals surface area contributed by atoms with E-state index in [0.29, 0.717) is 22.0 Å². The van der Waals surface area contributed by atoms with E-state index in [-0.39, 0.29) is 12.5 Å². The van der Waals surface area contributed by atoms with E-state index in [9.17, 15) is 18.0 Å². The largest absolute Gasteiger partial charge is 0.497 e. The molecule has 1 atom stereocenters. The summed E-state index contributed by atoms with van der Waals surface area (Å²) in [5.74, 6) is -0.232. The number of rotatable bonds is 9. The number of hydrogen-bond donors (Lipinski definition) is 1. The van der Waals surface area contributed by atoms with E-state index in [1.165, 1.54) is 18.0 Å². The first kappa shape index (κ1) is 25.5. The average molecular weight is 482 g/mol. The van der Waals surface area contributed by atoms with Crippen LogP contribution >= 0.6 is 11.6 Å². The molecule has 0 aromatic heterocycles. The van der Waals surface area contributed by atoms with Crippen LogP contribution in [0.3, 0.4) is 0 Å². The van der Waals surface area contributed by atoms with E-state index in [1.807, 2.05) is 0 Å². The van der Waals surface area contributed by atoms with Gasteiger partial charge in [0.1, 0.15) is 18.3 Å². The molecule has 2 aromatic rings. The van der Waals surface area contributed by atoms with Crippen molar-refractivity contribution in [1.29, 1.82) is 0 Å². The fourth-order valence-corrected chi connectivity index (χ4v) is 4.23. The van der Waals surface area contributed by atoms with Crippen molar-refractivity contribution in [2.24, 2.45) is 0 Å². The molecule has 0 saturated carbocycles. The van der Waals surface area contributed by atoms with Crippen LogP contribution in [-0.2, 0) is 26.2 Å². The zero-order valence-electron chi connectivity index (χ0n) is 18.8. The predicted molar refractivity (Wildman–Crippen MR) is 125 cm³/mol. The summed E-state index contributed by atoms with van der Waals surface area (Å²) in [5, 5.41) is 2.88. The van der Waals surface area contributed by atoms with Crippen molar-refractivity contribution in [3.05, 3.63) is 58.6 Å². The van der Waals surface area contributed by atoms with Crippen LogP contribution in [0.25, 0.3) is 0 Å². The number of anilines is 1. The number of amides is 2. The molecule has 0 aliphatic carbocycles. The number of hydrogen-bond acceptors (Lipinski definition) is 5. The van der Waals surface area contributed by atoms with Crippen molar-refractivity contribution in [3.8, 4) is 5.75 Å². The van der Waals surface area contributed by atoms with Crippen LogP contribution in [0.1, 0.15) is 18.1 Å². The van der Waals surface area contributed by atoms with Gasteiger partial charge in [0.15, 0.2) is 0 Å². The van der Waals surface area contributed by atoms with Crippen LogP contribution in [0, 0.1) is 6.92 Å². The third-order valence-corrected chi connectivity index (χ3v) is 6.41. The molecule has 1 N–H and O–H groups in total. The lowest BCUT2D eigenvalue weighted by atomic mass is 10.1. The Balaban J connectivity index is 2.41. The molecule has 2 rings (SSSR count). The summed E-state index contributed by atoms with van der Waals surface area (Å²) in [6, 6.07) is 11.1. The van der Waals surface area contributed by atoms with Gasteiger partial charge < -0.3 is 15.0 Å². The van der Waals surface area contributed by atoms with Crippen molar-refractivity contribution in [2.45, 2.75) is 26.4 Å². The molecule has 0 unspecified atom stereocenters. The topological polar surface area (TPSA) is 96.0 Å². The highest BCUT2D eigenvalue weighted by molar-refractivity contribution is 7.92. The van der Waals surface area contributed by atoms with E-state index >= 15 is 0 Å². The Morgan fingerprint density at radius 1 is 1.16 bits per heavy atom. The maximum atomic E-state index is 13.3. The molecule has 2 aromatic carbocycles. The van der Waals surface area contributed by atoms with Crippen LogP contribution in [0.5, 0.6) is 5.75 Å². The van der Waals surface area contributed by atoms with Crippen LogP contribution in [-0.4, -0.2) is 58.1 Å². The average Bonchev–Trinajstić information content (AvgIpc) is 2.76. The van der Waals surface area contributed by atoms with Gasteiger partial charge in [0.2, 0.25) is 21.8 Å². The second-order valence-electron chi connectivity index (χ2n) is 7.36. The molecule has 0 aliphatic heterocycles. The zero-order chi connectivity index (χ0) is 24.1. The summed E-state index contributed by atoms with van der Waals surface area (Å²) in [4.78, 5) is 27.0. The Kier molecular flexibility index (Phi) is 8.51. The molecular formula is C22H28ClN3O5S. The lowest BCUT2D eigenvalue weighted by Crippen LogP contribution is -2.50. The van der Waals surface area contributed by atoms with Gasteiger partial charge in [-0.2, -0.15) is 0 Å². The van der Waals surface area contributed by atoms with Gasteiger partial charge in [-0.25, -0.2) is 8.42 Å². The molecule has 0 saturated heterocycles. The minimum absolute atomic E-state index is 0.115. The number of likely N-dealkylation sites (N-methyl/N-ethyl adjacent to an activating group) is 1. The molecule has 0 heterocycles. The number of benzene rings is 2. The summed E-state index contributed by atoms with van der Waals surface area (Å²) >= 11 is 6.07. The normalized spacial score (nSPS) is 12.1. The van der Waals surface area contributed by atoms with Gasteiger partial charge in [-0.15, -0.1) is 0 Å². The highest BCUT2D eigenvalue weighted by atomic mass is 35.5. The Labute approximate surface area is 194 Å². The second kappa shape index (κ2) is 10.7. The number of ether oxygens (including phenoxy) is 1. The number of carbonyl (C=O) groups excluding carboxylic acids is 2. The van der Waals surface area contributed by atoms with Crippen molar-refractivity contribution < 1.29 is 22.7 Å². The highest BCUT2D eigenvalue weighted by Crippen LogP contribution is 2.26. The smallest absolute Gasteiger partial charge is 0.244 e. The summed E-state index contributed by atoms with van der Waals surface area (Å²) in [5.41, 5.74) is 1.72. The number of carbonyl (C=O) groups is 2. The standard InChI is InChI=1S/C22H28ClN3O5S/c1-15-6-9-18(23)12-20(15)26(32(5,29)30)14-21(27)25(16(2)22(28)24-3)13-17-7-10-19(31-4)11-8-17/h6-12,16H,13-14H2,1-5H3,(H,24,28)/t16-/m0/s1. The molecular weight excluding hydrogens is 454 g/mol. The lowest BCUT2D eigenvalue weighted by molar-refractivity contribution is -0.139. The second-order valence-corrected chi connectivity index (χ2v) is 9.70. The van der Waals surface area contributed by atoms with Gasteiger partial charge in [-0.05, 0) is 49.2 Å². The fourth-order valence-electron chi connectivity index (χ4n) is 3.17. The summed E-state index contributed by atoms with van der Waals surface area (Å²) < 4.78 is 31.3. The van der Waals surface area contributed by atoms with Crippen LogP contribution < -0.4 is 14.4 Å². The fraction of sp³-hybridized carbons (Fsp3) is 0.364. The van der Waals surface area contributed by atoms with Crippen molar-refractivity contribution in [1.82, 2.24) is 10.2 Å². The number of aryl methyl sites for hydroxylation is 1. The summed E-state index contributed by atoms with van der Waals surface area (Å²) in [6.07, 6.45) is 1.02. The zero-order valence-corrected chi connectivity index (χ0v) is 20.3. The van der Waals surface area contributed by atoms with Crippen LogP contribution in [0.4, 0.5) is 5.69 Å². The highest BCUT2D eigenvalue weighted by Gasteiger charge is 2.30. The van der Waals surface area contributed by atoms with Crippen molar-refractivity contribution in [3.63, 3.8) is 0 Å². The van der Waals surface area contributed by atoms with E-state index in [0.717, 1.165) is 16.1 Å². The van der Waals surface area contributed by atoms with E-state index in [4.69, 9.17) is 16.3 Å². The SMILES string of the molecule is CNC(=O)[C@H](C)N(Cc1ccc(OC)cc1)C(=O)CN(c1cc(Cl)ccc1C)S(C)(=O)=O. The maximum Gasteiger partial charge on any atom is 0.244 e. The Bertz CT molecular complexity index is 1070. The minimum Gasteiger partial charge on any atom is -0.497 e. The molecule has 0 spiro atoms. The Morgan fingerprint density at radius 2 is 1.78 bits per heavy atom. The molecule has 0 aliphatic rings. The number of sulfonamides is 1. The van der Waals surface area contributed by atoms with E-state index in [2.05, 4.69) is 5.32 Å². The first-order valence-electron chi connectivity index (χ1n) is 9.85. The molecule has 10 heteroatoms. The Hall–Kier alpha value is -2.78. The third kappa shape index (κ3) is 6.37. The van der Waals surface area contributed by atoms with Crippen LogP contribution in [0.15, 0.2) is 42.5 Å². The van der Waals surface area contributed by atoms with Gasteiger partial charge in [0.25, 0.3) is 0 Å². The predicted octanol–water partition coefficient (Wildman–Crippen LogP) is 2.59. The molecule has 0 bridgehead atoms. The molecule has 32 heavy (non-hydrogen) atoms. The van der Waals surface area contributed by atoms with Crippen molar-refractivity contribution >= 4 is 39.1 Å². The molecule has 0 fully saturated rings. The number of methoxy groups -OCH3 is 1. The van der Waals surface area contributed by atoms with E-state index < -0.39 is 28.5 Å². The van der Waals surface area contributed by atoms with Gasteiger partial charge in [0.05, 0.1) is 19.1 Å². The molecule has 8 nitrogen and oxygen atoms in total. The van der Waals surface area contributed by atoms with Gasteiger partial charge >= 0.3 is 0 Å². The maximum absolute atomic E-state index is 13.3. The van der Waals surface area contributed by atoms with Gasteiger partial charge in [-0.3, -0.25) is 13.9 Å². The third-order valence-electron chi connectivity index (χ3n) is 5.04. The Morgan fingerprint density at radius 3 is 2.31 bits per heavy atom. The molecule has 0 radical (unpaired) electrons. The van der Waals surface area contributed by atoms with Crippen molar-refractivity contribution in [2.75, 3.05) is 31.3 Å². The first-order chi connectivity index (χ1) is 15.0. The lowest BCUT2D eigenvalue weighted by Gasteiger charge is -2.31. The van der Waals surface area contributed by atoms with Gasteiger partial charge in [-0.1, -0.05) is 29.8 Å². The quantitative estimate of drug-likeness (QED) is 0.594. The monoisotopic (exact) mass is 481 g/mol.